The number of hydrogen-bond donors (Lipinski definition) is 1. The van der Waals surface area contributed by atoms with Crippen LogP contribution in [0.1, 0.15) is 21.9 Å². The Labute approximate surface area is 261 Å². The van der Waals surface area contributed by atoms with Gasteiger partial charge in [0.05, 0.1) is 29.3 Å². The van der Waals surface area contributed by atoms with Gasteiger partial charge in [-0.05, 0) is 48.5 Å². The summed E-state index contributed by atoms with van der Waals surface area (Å²) in [6, 6.07) is 17.3. The highest BCUT2D eigenvalue weighted by atomic mass is 35.5. The van der Waals surface area contributed by atoms with Gasteiger partial charge in [0.2, 0.25) is 17.7 Å². The number of nitrogens with zero attached hydrogens (tertiary/aromatic N) is 2. The number of anilines is 2. The minimum Gasteiger partial charge on any atom is -0.496 e. The summed E-state index contributed by atoms with van der Waals surface area (Å²) in [6.07, 6.45) is -4.68. The zero-order chi connectivity index (χ0) is 31.3. The van der Waals surface area contributed by atoms with E-state index in [2.05, 4.69) is 5.32 Å². The largest absolute Gasteiger partial charge is 0.496 e. The van der Waals surface area contributed by atoms with E-state index in [1.54, 1.807) is 48.5 Å². The van der Waals surface area contributed by atoms with Crippen LogP contribution in [0.15, 0.2) is 82.6 Å². The minimum absolute atomic E-state index is 0.202. The van der Waals surface area contributed by atoms with E-state index >= 15 is 0 Å². The van der Waals surface area contributed by atoms with Crippen molar-refractivity contribution in [2.75, 3.05) is 17.3 Å². The van der Waals surface area contributed by atoms with Crippen LogP contribution in [0.5, 0.6) is 5.75 Å². The Bertz CT molecular complexity index is 1860. The normalized spacial score (nSPS) is 19.5. The monoisotopic (exact) mass is 659 g/mol. The molecule has 6 rings (SSSR count). The smallest absolute Gasteiger partial charge is 0.416 e. The molecule has 0 unspecified atom stereocenters. The molecule has 1 saturated heterocycles. The summed E-state index contributed by atoms with van der Waals surface area (Å²) in [5.74, 6) is -3.42. The summed E-state index contributed by atoms with van der Waals surface area (Å²) in [5, 5.41) is 2.43. The fourth-order valence-corrected chi connectivity index (χ4v) is 8.36. The molecule has 2 aliphatic heterocycles. The predicted octanol–water partition coefficient (Wildman–Crippen LogP) is 6.03. The maximum atomic E-state index is 14.0. The summed E-state index contributed by atoms with van der Waals surface area (Å²) in [6.45, 7) is -0.379. The molecule has 1 aromatic heterocycles. The van der Waals surface area contributed by atoms with Crippen LogP contribution >= 0.6 is 34.7 Å². The summed E-state index contributed by atoms with van der Waals surface area (Å²) >= 11 is 7.72. The van der Waals surface area contributed by atoms with Crippen LogP contribution in [0.25, 0.3) is 0 Å². The summed E-state index contributed by atoms with van der Waals surface area (Å²) < 4.78 is 47.4. The first-order valence-electron chi connectivity index (χ1n) is 13.1. The molecule has 4 aromatic rings. The third-order valence-electron chi connectivity index (χ3n) is 7.38. The van der Waals surface area contributed by atoms with Gasteiger partial charge in [0, 0.05) is 27.1 Å². The molecule has 3 heterocycles. The van der Waals surface area contributed by atoms with Crippen molar-refractivity contribution >= 4 is 63.8 Å². The highest BCUT2D eigenvalue weighted by molar-refractivity contribution is 8.00. The molecular formula is C30H21ClF3N3O5S2. The molecule has 3 atom stereocenters. The highest BCUT2D eigenvalue weighted by Gasteiger charge is 2.57. The van der Waals surface area contributed by atoms with Gasteiger partial charge in [-0.15, -0.1) is 0 Å². The van der Waals surface area contributed by atoms with E-state index in [9.17, 15) is 32.3 Å². The van der Waals surface area contributed by atoms with Crippen LogP contribution in [0, 0.1) is 5.92 Å². The first-order valence-corrected chi connectivity index (χ1v) is 15.2. The lowest BCUT2D eigenvalue weighted by atomic mass is 9.82. The van der Waals surface area contributed by atoms with Gasteiger partial charge in [-0.3, -0.25) is 23.7 Å². The molecule has 14 heteroatoms. The number of carbonyl (C=O) groups excluding carboxylic acids is 3. The Hall–Kier alpha value is -4.07. The lowest BCUT2D eigenvalue weighted by Crippen LogP contribution is -2.33. The highest BCUT2D eigenvalue weighted by Crippen LogP contribution is 2.55. The van der Waals surface area contributed by atoms with Crippen molar-refractivity contribution in [2.24, 2.45) is 5.92 Å². The summed E-state index contributed by atoms with van der Waals surface area (Å²) in [4.78, 5) is 55.0. The number of aromatic nitrogens is 1. The molecule has 0 saturated carbocycles. The number of thioether (sulfide) groups is 1. The number of alkyl halides is 3. The van der Waals surface area contributed by atoms with Crippen molar-refractivity contribution in [1.29, 1.82) is 0 Å². The van der Waals surface area contributed by atoms with Crippen LogP contribution < -0.4 is 19.8 Å². The average molecular weight is 660 g/mol. The number of halogens is 4. The van der Waals surface area contributed by atoms with Crippen LogP contribution in [-0.4, -0.2) is 34.6 Å². The molecule has 8 nitrogen and oxygen atoms in total. The number of para-hydroxylation sites is 1. The Morgan fingerprint density at radius 1 is 1.00 bits per heavy atom. The number of fused-ring (bicyclic) bond motifs is 2. The number of nitrogens with one attached hydrogen (secondary N) is 1. The second-order valence-corrected chi connectivity index (χ2v) is 12.6. The molecule has 1 N–H and O–H groups in total. The fraction of sp³-hybridized carbons (Fsp3) is 0.200. The molecule has 3 amide bonds. The fourth-order valence-electron chi connectivity index (χ4n) is 5.47. The molecule has 1 fully saturated rings. The zero-order valence-electron chi connectivity index (χ0n) is 22.6. The molecule has 0 aliphatic carbocycles. The molecule has 44 heavy (non-hydrogen) atoms. The quantitative estimate of drug-likeness (QED) is 0.254. The first kappa shape index (κ1) is 30.0. The van der Waals surface area contributed by atoms with Gasteiger partial charge in [-0.2, -0.15) is 13.2 Å². The topological polar surface area (TPSA) is 97.7 Å². The lowest BCUT2D eigenvalue weighted by molar-refractivity contribution is -0.137. The number of thiazole rings is 1. The lowest BCUT2D eigenvalue weighted by Gasteiger charge is -2.31. The van der Waals surface area contributed by atoms with Crippen molar-refractivity contribution in [3.05, 3.63) is 103 Å². The molecule has 2 aliphatic rings. The van der Waals surface area contributed by atoms with Crippen LogP contribution in [0.4, 0.5) is 24.5 Å². The maximum Gasteiger partial charge on any atom is 0.416 e. The van der Waals surface area contributed by atoms with Crippen LogP contribution in [0.2, 0.25) is 5.02 Å². The molecular weight excluding hydrogens is 639 g/mol. The Kier molecular flexibility index (Phi) is 7.80. The van der Waals surface area contributed by atoms with E-state index < -0.39 is 51.4 Å². The van der Waals surface area contributed by atoms with Crippen molar-refractivity contribution in [3.8, 4) is 5.75 Å². The molecule has 0 radical (unpaired) electrons. The zero-order valence-corrected chi connectivity index (χ0v) is 25.0. The van der Waals surface area contributed by atoms with Gasteiger partial charge < -0.3 is 10.1 Å². The Balaban J connectivity index is 1.43. The second kappa shape index (κ2) is 11.5. The number of amides is 3. The van der Waals surface area contributed by atoms with Gasteiger partial charge in [-0.25, -0.2) is 4.90 Å². The van der Waals surface area contributed by atoms with E-state index in [1.807, 2.05) is 0 Å². The van der Waals surface area contributed by atoms with E-state index in [-0.39, 0.29) is 12.2 Å². The number of carbonyl (C=O) groups is 3. The Morgan fingerprint density at radius 3 is 2.43 bits per heavy atom. The molecule has 0 bridgehead atoms. The summed E-state index contributed by atoms with van der Waals surface area (Å²) in [5.41, 5.74) is -0.215. The van der Waals surface area contributed by atoms with E-state index in [0.29, 0.717) is 31.9 Å². The minimum atomic E-state index is -4.68. The van der Waals surface area contributed by atoms with Crippen LogP contribution in [0.3, 0.4) is 0 Å². The standard InChI is InChI=1S/C30H21ClF3N3O5S2/c1-42-20-8-3-2-7-19(20)22-23-24(27(40)37(26(23)39)18-6-4-5-15(13-18)30(32,33)34)43-28-25(22)44-29(41)36(28)14-21(38)35-17-11-9-16(31)10-12-17/h2-13,22-24H,14H2,1H3,(H,35,38)/t22-,23-,24+/m0/s1. The average Bonchev–Trinajstić information content (AvgIpc) is 3.44. The number of methoxy groups -OCH3 is 1. The molecule has 3 aromatic carbocycles. The maximum absolute atomic E-state index is 14.0. The molecule has 0 spiro atoms. The van der Waals surface area contributed by atoms with Crippen molar-refractivity contribution in [2.45, 2.75) is 28.9 Å². The van der Waals surface area contributed by atoms with Gasteiger partial charge in [0.15, 0.2) is 0 Å². The third kappa shape index (κ3) is 5.29. The predicted molar refractivity (Wildman–Crippen MR) is 161 cm³/mol. The number of rotatable bonds is 6. The second-order valence-electron chi connectivity index (χ2n) is 10.0. The van der Waals surface area contributed by atoms with E-state index in [1.165, 1.54) is 17.7 Å². The van der Waals surface area contributed by atoms with Crippen molar-refractivity contribution < 1.29 is 32.3 Å². The number of benzene rings is 3. The third-order valence-corrected chi connectivity index (χ3v) is 10.2. The van der Waals surface area contributed by atoms with Gasteiger partial charge in [-0.1, -0.05) is 59.0 Å². The number of hydrogen-bond acceptors (Lipinski definition) is 7. The van der Waals surface area contributed by atoms with E-state index in [4.69, 9.17) is 16.3 Å². The van der Waals surface area contributed by atoms with Crippen molar-refractivity contribution in [1.82, 2.24) is 4.57 Å². The van der Waals surface area contributed by atoms with Crippen LogP contribution in [-0.2, 0) is 27.1 Å². The molecule has 226 valence electrons. The SMILES string of the molecule is COc1ccccc1[C@@H]1c2sc(=O)n(CC(=O)Nc3ccc(Cl)cc3)c2S[C@H]2C(=O)N(c3cccc(C(F)(F)F)c3)C(=O)[C@@H]12. The first-order chi connectivity index (χ1) is 21.0. The number of imide groups is 1. The van der Waals surface area contributed by atoms with Gasteiger partial charge in [0.1, 0.15) is 17.5 Å². The number of ether oxygens (including phenoxy) is 1. The van der Waals surface area contributed by atoms with Gasteiger partial charge >= 0.3 is 11.0 Å². The van der Waals surface area contributed by atoms with Crippen molar-refractivity contribution in [3.63, 3.8) is 0 Å². The van der Waals surface area contributed by atoms with Gasteiger partial charge in [0.25, 0.3) is 0 Å². The Morgan fingerprint density at radius 2 is 1.73 bits per heavy atom. The summed E-state index contributed by atoms with van der Waals surface area (Å²) in [7, 11) is 1.44. The van der Waals surface area contributed by atoms with E-state index in [0.717, 1.165) is 46.2 Å².